The van der Waals surface area contributed by atoms with Crippen molar-refractivity contribution in [3.63, 3.8) is 0 Å². The Morgan fingerprint density at radius 3 is 2.87 bits per heavy atom. The van der Waals surface area contributed by atoms with Crippen LogP contribution in [0.5, 0.6) is 0 Å². The van der Waals surface area contributed by atoms with E-state index < -0.39 is 5.97 Å². The molecule has 23 heavy (non-hydrogen) atoms. The van der Waals surface area contributed by atoms with Gasteiger partial charge in [-0.05, 0) is 12.1 Å². The minimum absolute atomic E-state index is 0.204. The number of carbonyl (C=O) groups is 1. The number of furan rings is 1. The average molecular weight is 338 g/mol. The summed E-state index contributed by atoms with van der Waals surface area (Å²) in [7, 11) is 3.27. The van der Waals surface area contributed by atoms with Gasteiger partial charge in [0.05, 0.1) is 26.1 Å². The quantitative estimate of drug-likeness (QED) is 0.596. The number of ether oxygens (including phenoxy) is 2. The van der Waals surface area contributed by atoms with Crippen LogP contribution in [0.1, 0.15) is 16.3 Å². The van der Waals surface area contributed by atoms with Crippen LogP contribution in [0.2, 0.25) is 0 Å². The van der Waals surface area contributed by atoms with Gasteiger partial charge in [-0.25, -0.2) is 4.79 Å². The fourth-order valence-corrected chi connectivity index (χ4v) is 3.07. The molecular weight excluding hydrogens is 320 g/mol. The van der Waals surface area contributed by atoms with E-state index in [9.17, 15) is 4.79 Å². The molecule has 2 aromatic heterocycles. The highest BCUT2D eigenvalue weighted by atomic mass is 32.2. The zero-order valence-electron chi connectivity index (χ0n) is 13.0. The number of hydrogen-bond acceptors (Lipinski definition) is 8. The van der Waals surface area contributed by atoms with E-state index in [1.165, 1.54) is 18.9 Å². The maximum atomic E-state index is 11.4. The number of carbonyl (C=O) groups excluding carboxylic acids is 1. The molecule has 0 unspecified atom stereocenters. The Labute approximate surface area is 137 Å². The standard InChI is InChI=1S/C14H18N4O4S/c1-17-13(18-5-7-21-8-6-18)15-16-14(17)23-9-10-3-4-11(22-10)12(19)20-2/h3-4H,5-9H2,1-2H3. The van der Waals surface area contributed by atoms with E-state index in [0.29, 0.717) is 24.7 Å². The summed E-state index contributed by atoms with van der Waals surface area (Å²) in [5.74, 6) is 1.81. The Bertz CT molecular complexity index is 678. The number of methoxy groups -OCH3 is 1. The van der Waals surface area contributed by atoms with Crippen LogP contribution in [0, 0.1) is 0 Å². The smallest absolute Gasteiger partial charge is 0.373 e. The molecule has 0 amide bonds. The first kappa shape index (κ1) is 15.9. The van der Waals surface area contributed by atoms with E-state index in [1.54, 1.807) is 12.1 Å². The maximum absolute atomic E-state index is 11.4. The maximum Gasteiger partial charge on any atom is 0.373 e. The first-order valence-electron chi connectivity index (χ1n) is 7.21. The van der Waals surface area contributed by atoms with Crippen LogP contribution >= 0.6 is 11.8 Å². The van der Waals surface area contributed by atoms with Crippen LogP contribution in [-0.4, -0.2) is 54.1 Å². The highest BCUT2D eigenvalue weighted by molar-refractivity contribution is 7.98. The predicted octanol–water partition coefficient (Wildman–Crippen LogP) is 1.32. The summed E-state index contributed by atoms with van der Waals surface area (Å²) in [6, 6.07) is 3.37. The fourth-order valence-electron chi connectivity index (χ4n) is 2.27. The largest absolute Gasteiger partial charge is 0.463 e. The second-order valence-electron chi connectivity index (χ2n) is 4.99. The number of nitrogens with zero attached hydrogens (tertiary/aromatic N) is 4. The van der Waals surface area contributed by atoms with Crippen molar-refractivity contribution < 1.29 is 18.7 Å². The van der Waals surface area contributed by atoms with Crippen LogP contribution in [0.4, 0.5) is 5.95 Å². The molecule has 0 radical (unpaired) electrons. The topological polar surface area (TPSA) is 82.6 Å². The van der Waals surface area contributed by atoms with Gasteiger partial charge in [0, 0.05) is 20.1 Å². The van der Waals surface area contributed by atoms with Gasteiger partial charge in [-0.3, -0.25) is 4.57 Å². The number of rotatable bonds is 5. The van der Waals surface area contributed by atoms with Gasteiger partial charge in [0.25, 0.3) is 0 Å². The van der Waals surface area contributed by atoms with Gasteiger partial charge in [-0.2, -0.15) is 0 Å². The first-order chi connectivity index (χ1) is 11.2. The minimum Gasteiger partial charge on any atom is -0.463 e. The van der Waals surface area contributed by atoms with Gasteiger partial charge < -0.3 is 18.8 Å². The van der Waals surface area contributed by atoms with E-state index >= 15 is 0 Å². The summed E-state index contributed by atoms with van der Waals surface area (Å²) in [6.45, 7) is 3.05. The molecule has 1 aliphatic rings. The number of anilines is 1. The number of aromatic nitrogens is 3. The van der Waals surface area contributed by atoms with Crippen molar-refractivity contribution in [3.8, 4) is 0 Å². The van der Waals surface area contributed by atoms with Gasteiger partial charge in [-0.1, -0.05) is 11.8 Å². The summed E-state index contributed by atoms with van der Waals surface area (Å²) < 4.78 is 17.4. The molecule has 124 valence electrons. The number of hydrogen-bond donors (Lipinski definition) is 0. The third kappa shape index (κ3) is 3.50. The van der Waals surface area contributed by atoms with Gasteiger partial charge in [0.2, 0.25) is 11.7 Å². The van der Waals surface area contributed by atoms with Crippen molar-refractivity contribution in [2.24, 2.45) is 7.05 Å². The zero-order valence-corrected chi connectivity index (χ0v) is 13.8. The summed E-state index contributed by atoms with van der Waals surface area (Å²) in [6.07, 6.45) is 0. The lowest BCUT2D eigenvalue weighted by atomic mass is 10.4. The lowest BCUT2D eigenvalue weighted by molar-refractivity contribution is 0.0563. The molecule has 3 rings (SSSR count). The van der Waals surface area contributed by atoms with Crippen molar-refractivity contribution in [2.75, 3.05) is 38.3 Å². The molecular formula is C14H18N4O4S. The molecule has 0 atom stereocenters. The predicted molar refractivity (Wildman–Crippen MR) is 83.6 cm³/mol. The Morgan fingerprint density at radius 2 is 2.13 bits per heavy atom. The van der Waals surface area contributed by atoms with Crippen molar-refractivity contribution >= 4 is 23.7 Å². The molecule has 2 aromatic rings. The van der Waals surface area contributed by atoms with Gasteiger partial charge in [0.15, 0.2) is 5.16 Å². The van der Waals surface area contributed by atoms with Crippen LogP contribution in [0.3, 0.4) is 0 Å². The van der Waals surface area contributed by atoms with E-state index in [0.717, 1.165) is 24.2 Å². The van der Waals surface area contributed by atoms with Crippen molar-refractivity contribution in [1.82, 2.24) is 14.8 Å². The molecule has 1 aliphatic heterocycles. The number of esters is 1. The molecule has 0 bridgehead atoms. The van der Waals surface area contributed by atoms with Gasteiger partial charge in [0.1, 0.15) is 5.76 Å². The normalized spacial score (nSPS) is 15.0. The molecule has 0 spiro atoms. The molecule has 9 heteroatoms. The zero-order chi connectivity index (χ0) is 16.2. The second-order valence-corrected chi connectivity index (χ2v) is 5.93. The van der Waals surface area contributed by atoms with E-state index in [-0.39, 0.29) is 5.76 Å². The molecule has 0 saturated carbocycles. The highest BCUT2D eigenvalue weighted by Gasteiger charge is 2.19. The number of morpholine rings is 1. The van der Waals surface area contributed by atoms with Crippen molar-refractivity contribution in [2.45, 2.75) is 10.9 Å². The Kier molecular flexibility index (Phi) is 4.87. The molecule has 0 N–H and O–H groups in total. The summed E-state index contributed by atoms with van der Waals surface area (Å²) >= 11 is 1.50. The van der Waals surface area contributed by atoms with Crippen LogP contribution in [0.25, 0.3) is 0 Å². The van der Waals surface area contributed by atoms with Crippen molar-refractivity contribution in [1.29, 1.82) is 0 Å². The minimum atomic E-state index is -0.477. The average Bonchev–Trinajstić information content (AvgIpc) is 3.20. The lowest BCUT2D eigenvalue weighted by Gasteiger charge is -2.27. The van der Waals surface area contributed by atoms with Crippen LogP contribution in [0.15, 0.2) is 21.7 Å². The Morgan fingerprint density at radius 1 is 1.35 bits per heavy atom. The second kappa shape index (κ2) is 7.05. The molecule has 1 fully saturated rings. The Hall–Kier alpha value is -2.00. The van der Waals surface area contributed by atoms with Gasteiger partial charge in [-0.15, -0.1) is 10.2 Å². The SMILES string of the molecule is COC(=O)c1ccc(CSc2nnc(N3CCOCC3)n2C)o1. The lowest BCUT2D eigenvalue weighted by Crippen LogP contribution is -2.37. The highest BCUT2D eigenvalue weighted by Crippen LogP contribution is 2.25. The summed E-state index contributed by atoms with van der Waals surface area (Å²) in [4.78, 5) is 13.5. The van der Waals surface area contributed by atoms with E-state index in [4.69, 9.17) is 9.15 Å². The monoisotopic (exact) mass is 338 g/mol. The molecule has 1 saturated heterocycles. The van der Waals surface area contributed by atoms with Crippen molar-refractivity contribution in [3.05, 3.63) is 23.7 Å². The summed E-state index contributed by atoms with van der Waals surface area (Å²) in [5.41, 5.74) is 0. The van der Waals surface area contributed by atoms with E-state index in [1.807, 2.05) is 11.6 Å². The third-order valence-corrected chi connectivity index (χ3v) is 4.54. The van der Waals surface area contributed by atoms with Crippen LogP contribution < -0.4 is 4.90 Å². The Balaban J connectivity index is 1.63. The fraction of sp³-hybridized carbons (Fsp3) is 0.500. The third-order valence-electron chi connectivity index (χ3n) is 3.50. The molecule has 3 heterocycles. The first-order valence-corrected chi connectivity index (χ1v) is 8.19. The summed E-state index contributed by atoms with van der Waals surface area (Å²) in [5, 5.41) is 9.27. The molecule has 0 aliphatic carbocycles. The van der Waals surface area contributed by atoms with Crippen LogP contribution in [-0.2, 0) is 22.3 Å². The molecule has 0 aromatic carbocycles. The van der Waals surface area contributed by atoms with Gasteiger partial charge >= 0.3 is 5.97 Å². The number of thioether (sulfide) groups is 1. The molecule has 8 nitrogen and oxygen atoms in total. The van der Waals surface area contributed by atoms with E-state index in [2.05, 4.69) is 19.8 Å².